The number of rotatable bonds is 7. The summed E-state index contributed by atoms with van der Waals surface area (Å²) in [5, 5.41) is 9.12. The second-order valence-electron chi connectivity index (χ2n) is 3.97. The van der Waals surface area contributed by atoms with E-state index in [9.17, 15) is 13.2 Å². The molecule has 0 saturated carbocycles. The van der Waals surface area contributed by atoms with Crippen molar-refractivity contribution in [3.63, 3.8) is 0 Å². The first kappa shape index (κ1) is 16.2. The van der Waals surface area contributed by atoms with Gasteiger partial charge >= 0.3 is 5.97 Å². The number of benzene rings is 1. The Kier molecular flexibility index (Phi) is 5.29. The number of hydrogen-bond donors (Lipinski definition) is 1. The number of sulfonamides is 1. The Morgan fingerprint density at radius 2 is 2.15 bits per heavy atom. The Hall–Kier alpha value is -1.86. The summed E-state index contributed by atoms with van der Waals surface area (Å²) in [6.45, 7) is 5.62. The Balaban J connectivity index is 3.31. The fourth-order valence-electron chi connectivity index (χ4n) is 1.58. The Morgan fingerprint density at radius 3 is 2.65 bits per heavy atom. The summed E-state index contributed by atoms with van der Waals surface area (Å²) in [5.74, 6) is -1.10. The highest BCUT2D eigenvalue weighted by molar-refractivity contribution is 7.89. The van der Waals surface area contributed by atoms with Crippen LogP contribution in [0.25, 0.3) is 0 Å². The number of carboxylic acids is 1. The summed E-state index contributed by atoms with van der Waals surface area (Å²) in [4.78, 5) is 11.1. The molecule has 6 nitrogen and oxygen atoms in total. The van der Waals surface area contributed by atoms with Crippen LogP contribution in [0.3, 0.4) is 0 Å². The third kappa shape index (κ3) is 3.37. The van der Waals surface area contributed by atoms with Gasteiger partial charge in [0, 0.05) is 13.6 Å². The molecule has 110 valence electrons. The maximum absolute atomic E-state index is 12.2. The molecule has 0 unspecified atom stereocenters. The predicted molar refractivity (Wildman–Crippen MR) is 74.6 cm³/mol. The van der Waals surface area contributed by atoms with Gasteiger partial charge in [0.05, 0.1) is 11.5 Å². The summed E-state index contributed by atoms with van der Waals surface area (Å²) in [7, 11) is -2.35. The van der Waals surface area contributed by atoms with Crippen LogP contribution in [0.4, 0.5) is 0 Å². The first-order valence-corrected chi connectivity index (χ1v) is 7.36. The molecule has 0 saturated heterocycles. The predicted octanol–water partition coefficient (Wildman–Crippen LogP) is 1.59. The topological polar surface area (TPSA) is 83.9 Å². The number of carboxylic acid groups (broad SMARTS) is 1. The van der Waals surface area contributed by atoms with Crippen molar-refractivity contribution < 1.29 is 23.1 Å². The fourth-order valence-corrected chi connectivity index (χ4v) is 2.75. The number of ether oxygens (including phenoxy) is 1. The van der Waals surface area contributed by atoms with Gasteiger partial charge in [-0.1, -0.05) is 6.08 Å². The van der Waals surface area contributed by atoms with Crippen LogP contribution in [-0.4, -0.2) is 44.0 Å². The zero-order valence-electron chi connectivity index (χ0n) is 11.4. The van der Waals surface area contributed by atoms with Crippen LogP contribution in [0.5, 0.6) is 5.75 Å². The lowest BCUT2D eigenvalue weighted by molar-refractivity contribution is 0.0692. The molecule has 0 radical (unpaired) electrons. The van der Waals surface area contributed by atoms with Gasteiger partial charge in [0.25, 0.3) is 0 Å². The minimum Gasteiger partial charge on any atom is -0.493 e. The molecule has 0 spiro atoms. The van der Waals surface area contributed by atoms with Crippen LogP contribution in [-0.2, 0) is 10.0 Å². The summed E-state index contributed by atoms with van der Waals surface area (Å²) < 4.78 is 30.7. The van der Waals surface area contributed by atoms with Gasteiger partial charge in [-0.3, -0.25) is 0 Å². The van der Waals surface area contributed by atoms with Crippen LogP contribution < -0.4 is 4.74 Å². The smallest absolute Gasteiger partial charge is 0.339 e. The van der Waals surface area contributed by atoms with Gasteiger partial charge in [-0.25, -0.2) is 13.2 Å². The van der Waals surface area contributed by atoms with Crippen molar-refractivity contribution >= 4 is 16.0 Å². The van der Waals surface area contributed by atoms with E-state index in [1.54, 1.807) is 6.92 Å². The van der Waals surface area contributed by atoms with E-state index in [1.165, 1.54) is 25.3 Å². The summed E-state index contributed by atoms with van der Waals surface area (Å²) >= 11 is 0. The van der Waals surface area contributed by atoms with Gasteiger partial charge in [-0.2, -0.15) is 4.31 Å². The molecule has 0 aliphatic carbocycles. The first-order chi connectivity index (χ1) is 9.34. The lowest BCUT2D eigenvalue weighted by atomic mass is 10.2. The van der Waals surface area contributed by atoms with Crippen LogP contribution in [0.15, 0.2) is 35.7 Å². The molecule has 1 rings (SSSR count). The van der Waals surface area contributed by atoms with Gasteiger partial charge in [0.1, 0.15) is 11.3 Å². The number of carbonyl (C=O) groups is 1. The normalized spacial score (nSPS) is 11.3. The largest absolute Gasteiger partial charge is 0.493 e. The molecule has 0 aromatic heterocycles. The summed E-state index contributed by atoms with van der Waals surface area (Å²) in [6, 6.07) is 3.77. The maximum Gasteiger partial charge on any atom is 0.339 e. The van der Waals surface area contributed by atoms with Gasteiger partial charge in [-0.05, 0) is 25.1 Å². The van der Waals surface area contributed by atoms with E-state index in [4.69, 9.17) is 9.84 Å². The Labute approximate surface area is 118 Å². The van der Waals surface area contributed by atoms with Crippen molar-refractivity contribution in [1.29, 1.82) is 0 Å². The number of likely N-dealkylation sites (N-methyl/N-ethyl adjacent to an activating group) is 1. The molecule has 1 aromatic carbocycles. The quantitative estimate of drug-likeness (QED) is 0.773. The number of hydrogen-bond acceptors (Lipinski definition) is 4. The van der Waals surface area contributed by atoms with E-state index in [2.05, 4.69) is 6.58 Å². The van der Waals surface area contributed by atoms with Crippen molar-refractivity contribution in [2.75, 3.05) is 20.2 Å². The second-order valence-corrected chi connectivity index (χ2v) is 6.02. The molecule has 0 atom stereocenters. The zero-order chi connectivity index (χ0) is 15.3. The van der Waals surface area contributed by atoms with Crippen molar-refractivity contribution in [3.05, 3.63) is 36.4 Å². The minimum atomic E-state index is -3.75. The van der Waals surface area contributed by atoms with Crippen molar-refractivity contribution in [3.8, 4) is 5.75 Å². The Morgan fingerprint density at radius 1 is 1.50 bits per heavy atom. The number of aromatic carboxylic acids is 1. The van der Waals surface area contributed by atoms with Crippen molar-refractivity contribution in [1.82, 2.24) is 4.31 Å². The molecule has 0 aliphatic heterocycles. The second kappa shape index (κ2) is 6.53. The van der Waals surface area contributed by atoms with Crippen LogP contribution >= 0.6 is 0 Å². The first-order valence-electron chi connectivity index (χ1n) is 5.92. The molecule has 0 bridgehead atoms. The molecule has 0 fully saturated rings. The fraction of sp³-hybridized carbons (Fsp3) is 0.308. The molecule has 20 heavy (non-hydrogen) atoms. The molecule has 1 aromatic rings. The average Bonchev–Trinajstić information content (AvgIpc) is 2.39. The van der Waals surface area contributed by atoms with E-state index in [1.807, 2.05) is 0 Å². The summed E-state index contributed by atoms with van der Waals surface area (Å²) in [6.07, 6.45) is 1.45. The van der Waals surface area contributed by atoms with E-state index in [-0.39, 0.29) is 22.8 Å². The van der Waals surface area contributed by atoms with E-state index < -0.39 is 16.0 Å². The Bertz CT molecular complexity index is 609. The molecule has 1 N–H and O–H groups in total. The van der Waals surface area contributed by atoms with Crippen molar-refractivity contribution in [2.24, 2.45) is 0 Å². The van der Waals surface area contributed by atoms with Crippen LogP contribution in [0.1, 0.15) is 17.3 Å². The molecule has 0 aliphatic rings. The van der Waals surface area contributed by atoms with Crippen molar-refractivity contribution in [2.45, 2.75) is 11.8 Å². The molecular formula is C13H17NO5S. The molecular weight excluding hydrogens is 282 g/mol. The molecule has 0 amide bonds. The maximum atomic E-state index is 12.2. The highest BCUT2D eigenvalue weighted by atomic mass is 32.2. The SMILES string of the molecule is C=CCN(C)S(=O)(=O)c1ccc(OCC)c(C(=O)O)c1. The third-order valence-corrected chi connectivity index (χ3v) is 4.40. The monoisotopic (exact) mass is 299 g/mol. The van der Waals surface area contributed by atoms with E-state index in [0.29, 0.717) is 6.61 Å². The van der Waals surface area contributed by atoms with Gasteiger partial charge in [0.15, 0.2) is 0 Å². The van der Waals surface area contributed by atoms with Crippen LogP contribution in [0.2, 0.25) is 0 Å². The zero-order valence-corrected chi connectivity index (χ0v) is 12.2. The lowest BCUT2D eigenvalue weighted by Gasteiger charge is -2.16. The van der Waals surface area contributed by atoms with Gasteiger partial charge in [-0.15, -0.1) is 6.58 Å². The molecule has 7 heteroatoms. The van der Waals surface area contributed by atoms with E-state index in [0.717, 1.165) is 10.4 Å². The third-order valence-electron chi connectivity index (χ3n) is 2.58. The highest BCUT2D eigenvalue weighted by Gasteiger charge is 2.23. The highest BCUT2D eigenvalue weighted by Crippen LogP contribution is 2.24. The summed E-state index contributed by atoms with van der Waals surface area (Å²) in [5.41, 5.74) is -0.181. The van der Waals surface area contributed by atoms with Gasteiger partial charge < -0.3 is 9.84 Å². The standard InChI is InChI=1S/C13H17NO5S/c1-4-8-14(3)20(17,18)10-6-7-12(19-5-2)11(9-10)13(15)16/h4,6-7,9H,1,5,8H2,2-3H3,(H,15,16). The van der Waals surface area contributed by atoms with Crippen LogP contribution in [0, 0.1) is 0 Å². The lowest BCUT2D eigenvalue weighted by Crippen LogP contribution is -2.27. The number of nitrogens with zero attached hydrogens (tertiary/aromatic N) is 1. The average molecular weight is 299 g/mol. The minimum absolute atomic E-state index is 0.0947. The van der Waals surface area contributed by atoms with E-state index >= 15 is 0 Å². The molecule has 0 heterocycles. The van der Waals surface area contributed by atoms with Gasteiger partial charge in [0.2, 0.25) is 10.0 Å².